The Morgan fingerprint density at radius 3 is 1.22 bits per heavy atom. The zero-order chi connectivity index (χ0) is 23.1. The van der Waals surface area contributed by atoms with Gasteiger partial charge in [0.05, 0.1) is 0 Å². The van der Waals surface area contributed by atoms with Gasteiger partial charge in [0.1, 0.15) is 23.3 Å². The van der Waals surface area contributed by atoms with Crippen molar-refractivity contribution in [3.63, 3.8) is 0 Å². The molecule has 0 saturated heterocycles. The summed E-state index contributed by atoms with van der Waals surface area (Å²) in [6.07, 6.45) is 4.65. The van der Waals surface area contributed by atoms with Crippen molar-refractivity contribution in [1.29, 1.82) is 0 Å². The van der Waals surface area contributed by atoms with Gasteiger partial charge in [0.25, 0.3) is 0 Å². The second kappa shape index (κ2) is 11.3. The molecule has 32 heavy (non-hydrogen) atoms. The molecule has 0 heterocycles. The Bertz CT molecular complexity index is 992. The molecule has 0 nitrogen and oxygen atoms in total. The van der Waals surface area contributed by atoms with Crippen LogP contribution in [-0.2, 0) is 38.5 Å². The Morgan fingerprint density at radius 2 is 0.781 bits per heavy atom. The first-order valence-electron chi connectivity index (χ1n) is 11.4. The van der Waals surface area contributed by atoms with Crippen molar-refractivity contribution in [2.45, 2.75) is 65.2 Å². The number of halogens is 4. The van der Waals surface area contributed by atoms with Gasteiger partial charge in [-0.25, -0.2) is 17.6 Å². The lowest BCUT2D eigenvalue weighted by Gasteiger charge is -2.09. The van der Waals surface area contributed by atoms with Crippen molar-refractivity contribution in [3.8, 4) is 0 Å². The third kappa shape index (κ3) is 6.21. The molecular formula is C28H30F4. The lowest BCUT2D eigenvalue weighted by molar-refractivity contribution is 0.549. The van der Waals surface area contributed by atoms with Crippen molar-refractivity contribution in [2.75, 3.05) is 0 Å². The van der Waals surface area contributed by atoms with E-state index in [9.17, 15) is 17.6 Å². The van der Waals surface area contributed by atoms with Gasteiger partial charge in [-0.1, -0.05) is 51.0 Å². The summed E-state index contributed by atoms with van der Waals surface area (Å²) >= 11 is 0. The normalized spacial score (nSPS) is 11.2. The summed E-state index contributed by atoms with van der Waals surface area (Å²) in [6, 6.07) is 13.5. The minimum absolute atomic E-state index is 0.129. The van der Waals surface area contributed by atoms with E-state index < -0.39 is 23.3 Å². The number of benzene rings is 3. The molecule has 0 radical (unpaired) electrons. The quantitative estimate of drug-likeness (QED) is 0.282. The highest BCUT2D eigenvalue weighted by molar-refractivity contribution is 5.30. The zero-order valence-corrected chi connectivity index (χ0v) is 18.8. The second-order valence-corrected chi connectivity index (χ2v) is 8.39. The number of aryl methyl sites for hydroxylation is 4. The van der Waals surface area contributed by atoms with Crippen molar-refractivity contribution >= 4 is 0 Å². The van der Waals surface area contributed by atoms with Gasteiger partial charge in [-0.05, 0) is 85.0 Å². The van der Waals surface area contributed by atoms with Crippen LogP contribution in [-0.4, -0.2) is 0 Å². The van der Waals surface area contributed by atoms with Gasteiger partial charge in [-0.3, -0.25) is 0 Å². The van der Waals surface area contributed by atoms with Crippen LogP contribution in [0.15, 0.2) is 48.5 Å². The summed E-state index contributed by atoms with van der Waals surface area (Å²) in [6.45, 7) is 3.87. The maximum absolute atomic E-state index is 14.3. The van der Waals surface area contributed by atoms with Crippen LogP contribution < -0.4 is 0 Å². The van der Waals surface area contributed by atoms with E-state index in [-0.39, 0.29) is 11.1 Å². The molecule has 0 amide bonds. The highest BCUT2D eigenvalue weighted by Gasteiger charge is 2.12. The smallest absolute Gasteiger partial charge is 0.129 e. The van der Waals surface area contributed by atoms with Gasteiger partial charge in [0.2, 0.25) is 0 Å². The summed E-state index contributed by atoms with van der Waals surface area (Å²) in [5, 5.41) is 0. The second-order valence-electron chi connectivity index (χ2n) is 8.39. The Kier molecular flexibility index (Phi) is 8.49. The van der Waals surface area contributed by atoms with Gasteiger partial charge in [0.15, 0.2) is 0 Å². The Hall–Kier alpha value is -2.62. The standard InChI is InChI=1S/C28H30F4/c1-3-5-21-15-27(31)24(28(32)16-21)14-13-20-9-7-19(8-10-20)11-12-22-17-25(29)23(6-4-2)26(30)18-22/h7-10,15-18H,3-6,11-14H2,1-2H3. The molecule has 0 aliphatic heterocycles. The van der Waals surface area contributed by atoms with Crippen LogP contribution >= 0.6 is 0 Å². The van der Waals surface area contributed by atoms with Gasteiger partial charge < -0.3 is 0 Å². The molecule has 0 aliphatic rings. The summed E-state index contributed by atoms with van der Waals surface area (Å²) in [7, 11) is 0. The molecule has 170 valence electrons. The van der Waals surface area contributed by atoms with E-state index in [1.807, 2.05) is 38.1 Å². The highest BCUT2D eigenvalue weighted by Crippen LogP contribution is 2.21. The van der Waals surface area contributed by atoms with Crippen molar-refractivity contribution < 1.29 is 17.6 Å². The van der Waals surface area contributed by atoms with Crippen LogP contribution in [0.25, 0.3) is 0 Å². The third-order valence-electron chi connectivity index (χ3n) is 5.83. The van der Waals surface area contributed by atoms with E-state index >= 15 is 0 Å². The van der Waals surface area contributed by atoms with Crippen LogP contribution in [0, 0.1) is 23.3 Å². The first-order chi connectivity index (χ1) is 15.4. The molecular weight excluding hydrogens is 412 g/mol. The topological polar surface area (TPSA) is 0 Å². The van der Waals surface area contributed by atoms with E-state index in [0.717, 1.165) is 17.5 Å². The molecule has 0 spiro atoms. The maximum atomic E-state index is 14.3. The fourth-order valence-electron chi connectivity index (χ4n) is 4.05. The first kappa shape index (κ1) is 24.0. The van der Waals surface area contributed by atoms with E-state index in [2.05, 4.69) is 0 Å². The minimum Gasteiger partial charge on any atom is -0.207 e. The number of hydrogen-bond donors (Lipinski definition) is 0. The molecule has 0 saturated carbocycles. The Morgan fingerprint density at radius 1 is 0.438 bits per heavy atom. The predicted octanol–water partition coefficient (Wildman–Crippen LogP) is 7.72. The minimum atomic E-state index is -0.477. The lowest BCUT2D eigenvalue weighted by Crippen LogP contribution is -2.01. The zero-order valence-electron chi connectivity index (χ0n) is 18.8. The molecule has 3 aromatic carbocycles. The molecule has 4 heteroatoms. The summed E-state index contributed by atoms with van der Waals surface area (Å²) in [4.78, 5) is 0. The van der Waals surface area contributed by atoms with Gasteiger partial charge in [-0.2, -0.15) is 0 Å². The highest BCUT2D eigenvalue weighted by atomic mass is 19.1. The van der Waals surface area contributed by atoms with Gasteiger partial charge >= 0.3 is 0 Å². The van der Waals surface area contributed by atoms with E-state index in [1.54, 1.807) is 0 Å². The third-order valence-corrected chi connectivity index (χ3v) is 5.83. The summed E-state index contributed by atoms with van der Waals surface area (Å²) in [5.74, 6) is -1.90. The average Bonchev–Trinajstić information content (AvgIpc) is 2.75. The molecule has 3 aromatic rings. The van der Waals surface area contributed by atoms with Crippen LogP contribution in [0.1, 0.15) is 60.1 Å². The molecule has 0 aromatic heterocycles. The van der Waals surface area contributed by atoms with E-state index in [1.165, 1.54) is 24.3 Å². The molecule has 0 fully saturated rings. The van der Waals surface area contributed by atoms with Crippen molar-refractivity contribution in [1.82, 2.24) is 0 Å². The summed E-state index contributed by atoms with van der Waals surface area (Å²) in [5.41, 5.74) is 3.66. The largest absolute Gasteiger partial charge is 0.207 e. The van der Waals surface area contributed by atoms with Crippen LogP contribution in [0.5, 0.6) is 0 Å². The SMILES string of the molecule is CCCc1cc(F)c(CCc2ccc(CCc3cc(F)c(CCC)c(F)c3)cc2)c(F)c1. The molecule has 3 rings (SSSR count). The lowest BCUT2D eigenvalue weighted by atomic mass is 9.98. The van der Waals surface area contributed by atoms with Crippen molar-refractivity contribution in [3.05, 3.63) is 105 Å². The van der Waals surface area contributed by atoms with Crippen LogP contribution in [0.2, 0.25) is 0 Å². The molecule has 0 aliphatic carbocycles. The van der Waals surface area contributed by atoms with E-state index in [4.69, 9.17) is 0 Å². The van der Waals surface area contributed by atoms with Crippen LogP contribution in [0.3, 0.4) is 0 Å². The Balaban J connectivity index is 1.58. The fraction of sp³-hybridized carbons (Fsp3) is 0.357. The van der Waals surface area contributed by atoms with E-state index in [0.29, 0.717) is 56.1 Å². The van der Waals surface area contributed by atoms with Gasteiger partial charge in [-0.15, -0.1) is 0 Å². The monoisotopic (exact) mass is 442 g/mol. The number of rotatable bonds is 10. The van der Waals surface area contributed by atoms with Crippen molar-refractivity contribution in [2.24, 2.45) is 0 Å². The Labute approximate surface area is 188 Å². The maximum Gasteiger partial charge on any atom is 0.129 e. The van der Waals surface area contributed by atoms with Crippen LogP contribution in [0.4, 0.5) is 17.6 Å². The molecule has 0 bridgehead atoms. The number of hydrogen-bond acceptors (Lipinski definition) is 0. The molecule has 0 N–H and O–H groups in total. The average molecular weight is 443 g/mol. The first-order valence-corrected chi connectivity index (χ1v) is 11.4. The van der Waals surface area contributed by atoms with Gasteiger partial charge in [0, 0.05) is 11.1 Å². The fourth-order valence-corrected chi connectivity index (χ4v) is 4.05. The summed E-state index contributed by atoms with van der Waals surface area (Å²) < 4.78 is 56.8. The molecule has 0 atom stereocenters. The molecule has 0 unspecified atom stereocenters. The predicted molar refractivity (Wildman–Crippen MR) is 122 cm³/mol.